The van der Waals surface area contributed by atoms with Crippen LogP contribution >= 0.6 is 11.6 Å². The van der Waals surface area contributed by atoms with Crippen LogP contribution in [0, 0.1) is 0 Å². The Bertz CT molecular complexity index is 977. The number of hydrogen-bond donors (Lipinski definition) is 1. The lowest BCUT2D eigenvalue weighted by atomic mass is 9.95. The summed E-state index contributed by atoms with van der Waals surface area (Å²) in [6, 6.07) is 11.8. The van der Waals surface area contributed by atoms with Crippen LogP contribution in [0.15, 0.2) is 47.4 Å². The van der Waals surface area contributed by atoms with Crippen LogP contribution in [0.3, 0.4) is 0 Å². The van der Waals surface area contributed by atoms with Crippen LogP contribution in [-0.4, -0.2) is 44.5 Å². The fraction of sp³-hybridized carbons (Fsp3) is 0.316. The van der Waals surface area contributed by atoms with Gasteiger partial charge in [0.05, 0.1) is 23.0 Å². The second-order valence-electron chi connectivity index (χ2n) is 6.39. The average molecular weight is 409 g/mol. The lowest BCUT2D eigenvalue weighted by Gasteiger charge is -2.31. The smallest absolute Gasteiger partial charge is 0.304 e. The van der Waals surface area contributed by atoms with Crippen molar-refractivity contribution in [1.29, 1.82) is 0 Å². The van der Waals surface area contributed by atoms with Gasteiger partial charge in [-0.1, -0.05) is 42.8 Å². The Labute approximate surface area is 164 Å². The molecule has 0 saturated heterocycles. The van der Waals surface area contributed by atoms with Crippen LogP contribution in [0.2, 0.25) is 5.02 Å². The molecule has 144 valence electrons. The molecular weight excluding hydrogens is 388 g/mol. The molecule has 6 nitrogen and oxygen atoms in total. The number of benzene rings is 2. The second kappa shape index (κ2) is 7.50. The van der Waals surface area contributed by atoms with Gasteiger partial charge in [0.15, 0.2) is 0 Å². The Kier molecular flexibility index (Phi) is 5.46. The third kappa shape index (κ3) is 3.54. The number of fused-ring (bicyclic) bond motifs is 2. The lowest BCUT2D eigenvalue weighted by Crippen LogP contribution is -2.32. The molecule has 27 heavy (non-hydrogen) atoms. The van der Waals surface area contributed by atoms with E-state index in [0.29, 0.717) is 29.4 Å². The van der Waals surface area contributed by atoms with Crippen LogP contribution in [0.25, 0.3) is 0 Å². The van der Waals surface area contributed by atoms with E-state index in [9.17, 15) is 13.2 Å². The maximum Gasteiger partial charge on any atom is 0.304 e. The van der Waals surface area contributed by atoms with Gasteiger partial charge < -0.3 is 5.11 Å². The molecular formula is C19H21ClN2O4S. The van der Waals surface area contributed by atoms with Crippen LogP contribution in [-0.2, 0) is 14.8 Å². The minimum atomic E-state index is -3.79. The number of halogens is 1. The first-order chi connectivity index (χ1) is 12.8. The summed E-state index contributed by atoms with van der Waals surface area (Å²) >= 11 is 6.11. The second-order valence-corrected chi connectivity index (χ2v) is 8.76. The van der Waals surface area contributed by atoms with Gasteiger partial charge in [0, 0.05) is 18.6 Å². The molecule has 0 bridgehead atoms. The first-order valence-corrected chi connectivity index (χ1v) is 10.4. The molecule has 1 atom stereocenters. The Morgan fingerprint density at radius 1 is 1.22 bits per heavy atom. The number of carboxylic acids is 1. The highest BCUT2D eigenvalue weighted by Gasteiger charge is 2.37. The van der Waals surface area contributed by atoms with E-state index in [1.807, 2.05) is 24.0 Å². The number of para-hydroxylation sites is 1. The molecule has 0 aliphatic carbocycles. The standard InChI is InChI=1S/C19H21ClN2O4S/c1-3-22(11-10-18(23)24)19-14-6-4-5-7-16(14)21(2)27(25,26)17-12-13(20)8-9-15(17)19/h4-9,12,19H,3,10-11H2,1-2H3,(H,23,24). The van der Waals surface area contributed by atoms with Gasteiger partial charge in [-0.25, -0.2) is 8.42 Å². The summed E-state index contributed by atoms with van der Waals surface area (Å²) in [6.07, 6.45) is -0.0297. The molecule has 0 fully saturated rings. The Balaban J connectivity index is 2.29. The summed E-state index contributed by atoms with van der Waals surface area (Å²) in [5.74, 6) is -0.892. The van der Waals surface area contributed by atoms with Crippen molar-refractivity contribution in [2.45, 2.75) is 24.3 Å². The fourth-order valence-electron chi connectivity index (χ4n) is 3.51. The van der Waals surface area contributed by atoms with Crippen molar-refractivity contribution in [2.75, 3.05) is 24.4 Å². The molecule has 1 N–H and O–H groups in total. The number of aliphatic carboxylic acids is 1. The lowest BCUT2D eigenvalue weighted by molar-refractivity contribution is -0.137. The summed E-state index contributed by atoms with van der Waals surface area (Å²) in [5.41, 5.74) is 1.99. The summed E-state index contributed by atoms with van der Waals surface area (Å²) in [5, 5.41) is 9.45. The van der Waals surface area contributed by atoms with Crippen molar-refractivity contribution in [3.63, 3.8) is 0 Å². The minimum absolute atomic E-state index is 0.0297. The van der Waals surface area contributed by atoms with E-state index in [2.05, 4.69) is 0 Å². The predicted molar refractivity (Wildman–Crippen MR) is 105 cm³/mol. The van der Waals surface area contributed by atoms with Crippen LogP contribution in [0.1, 0.15) is 30.5 Å². The zero-order valence-electron chi connectivity index (χ0n) is 15.1. The van der Waals surface area contributed by atoms with Gasteiger partial charge in [-0.15, -0.1) is 0 Å². The molecule has 1 unspecified atom stereocenters. The zero-order valence-corrected chi connectivity index (χ0v) is 16.7. The Morgan fingerprint density at radius 3 is 2.59 bits per heavy atom. The number of carboxylic acid groups (broad SMARTS) is 1. The van der Waals surface area contributed by atoms with E-state index in [1.54, 1.807) is 24.3 Å². The van der Waals surface area contributed by atoms with Gasteiger partial charge in [0.1, 0.15) is 0 Å². The molecule has 2 aromatic carbocycles. The number of carbonyl (C=O) groups is 1. The fourth-order valence-corrected chi connectivity index (χ4v) is 5.22. The van der Waals surface area contributed by atoms with Crippen LogP contribution in [0.4, 0.5) is 5.69 Å². The molecule has 0 saturated carbocycles. The highest BCUT2D eigenvalue weighted by molar-refractivity contribution is 7.92. The van der Waals surface area contributed by atoms with Crippen molar-refractivity contribution >= 4 is 33.3 Å². The van der Waals surface area contributed by atoms with Gasteiger partial charge in [-0.3, -0.25) is 14.0 Å². The van der Waals surface area contributed by atoms with Gasteiger partial charge in [0.25, 0.3) is 10.0 Å². The summed E-state index contributed by atoms with van der Waals surface area (Å²) in [7, 11) is -2.27. The molecule has 0 spiro atoms. The highest BCUT2D eigenvalue weighted by Crippen LogP contribution is 2.43. The number of nitrogens with zero attached hydrogens (tertiary/aromatic N) is 2. The number of sulfonamides is 1. The largest absolute Gasteiger partial charge is 0.481 e. The van der Waals surface area contributed by atoms with E-state index in [1.165, 1.54) is 17.4 Å². The average Bonchev–Trinajstić information content (AvgIpc) is 2.70. The first-order valence-electron chi connectivity index (χ1n) is 8.60. The number of rotatable bonds is 5. The minimum Gasteiger partial charge on any atom is -0.481 e. The van der Waals surface area contributed by atoms with Gasteiger partial charge in [-0.2, -0.15) is 0 Å². The summed E-state index contributed by atoms with van der Waals surface area (Å²) < 4.78 is 27.7. The van der Waals surface area contributed by atoms with Crippen molar-refractivity contribution in [3.8, 4) is 0 Å². The van der Waals surface area contributed by atoms with Gasteiger partial charge in [-0.05, 0) is 35.9 Å². The van der Waals surface area contributed by atoms with Crippen molar-refractivity contribution in [3.05, 3.63) is 58.6 Å². The maximum absolute atomic E-state index is 13.2. The molecule has 8 heteroatoms. The molecule has 3 rings (SSSR count). The SMILES string of the molecule is CCN(CCC(=O)O)C1c2ccccc2N(C)S(=O)(=O)c2cc(Cl)ccc21. The highest BCUT2D eigenvalue weighted by atomic mass is 35.5. The molecule has 1 aliphatic heterocycles. The van der Waals surface area contributed by atoms with Gasteiger partial charge >= 0.3 is 5.97 Å². The Morgan fingerprint density at radius 2 is 1.93 bits per heavy atom. The monoisotopic (exact) mass is 408 g/mol. The number of anilines is 1. The molecule has 0 radical (unpaired) electrons. The van der Waals surface area contributed by atoms with E-state index in [4.69, 9.17) is 16.7 Å². The first kappa shape index (κ1) is 19.7. The molecule has 0 amide bonds. The van der Waals surface area contributed by atoms with Gasteiger partial charge in [0.2, 0.25) is 0 Å². The molecule has 1 heterocycles. The summed E-state index contributed by atoms with van der Waals surface area (Å²) in [4.78, 5) is 13.2. The van der Waals surface area contributed by atoms with Crippen molar-refractivity contribution in [2.24, 2.45) is 0 Å². The predicted octanol–water partition coefficient (Wildman–Crippen LogP) is 3.36. The molecule has 0 aromatic heterocycles. The maximum atomic E-state index is 13.2. The third-order valence-electron chi connectivity index (χ3n) is 4.86. The zero-order chi connectivity index (χ0) is 19.8. The van der Waals surface area contributed by atoms with E-state index in [0.717, 1.165) is 5.56 Å². The Hall–Kier alpha value is -2.09. The normalized spacial score (nSPS) is 17.9. The molecule has 1 aliphatic rings. The quantitative estimate of drug-likeness (QED) is 0.820. The molecule has 2 aromatic rings. The van der Waals surface area contributed by atoms with Crippen LogP contribution in [0.5, 0.6) is 0 Å². The van der Waals surface area contributed by atoms with Crippen LogP contribution < -0.4 is 4.31 Å². The summed E-state index contributed by atoms with van der Waals surface area (Å²) in [6.45, 7) is 2.80. The topological polar surface area (TPSA) is 77.9 Å². The van der Waals surface area contributed by atoms with E-state index < -0.39 is 22.0 Å². The number of hydrogen-bond acceptors (Lipinski definition) is 4. The van der Waals surface area contributed by atoms with E-state index >= 15 is 0 Å². The van der Waals surface area contributed by atoms with E-state index in [-0.39, 0.29) is 11.3 Å². The van der Waals surface area contributed by atoms with Crippen molar-refractivity contribution < 1.29 is 18.3 Å². The third-order valence-corrected chi connectivity index (χ3v) is 6.93. The van der Waals surface area contributed by atoms with Crippen molar-refractivity contribution in [1.82, 2.24) is 4.90 Å².